The Morgan fingerprint density at radius 2 is 1.45 bits per heavy atom. The second-order valence-electron chi connectivity index (χ2n) is 16.6. The number of carbonyl (C=O) groups excluding carboxylic acids is 1. The molecule has 47 heavy (non-hydrogen) atoms. The van der Waals surface area contributed by atoms with E-state index in [1.807, 2.05) is 30.3 Å². The standard InChI is InChI=1S/C39H58N2O5S/c1-25(2)36(5,6)22-31(27-15-18-29(19-16-27)47(44,45)46)39(11,12)37(7,8)23-32(38(9,10)26(3)4)35(43)41-24-28-17-20-33(42)34-30(28)14-13-21-40-34/h13-21,25-26,31-32,42H,22-24H2,1-12H3,(H,41,43)(H,44,45,46). The van der Waals surface area contributed by atoms with Crippen molar-refractivity contribution >= 4 is 26.9 Å². The molecule has 7 nitrogen and oxygen atoms in total. The zero-order chi connectivity index (χ0) is 35.8. The van der Waals surface area contributed by atoms with Gasteiger partial charge in [-0.2, -0.15) is 8.42 Å². The predicted molar refractivity (Wildman–Crippen MR) is 192 cm³/mol. The van der Waals surface area contributed by atoms with Gasteiger partial charge in [0.2, 0.25) is 5.91 Å². The maximum absolute atomic E-state index is 14.3. The zero-order valence-electron chi connectivity index (χ0n) is 30.6. The van der Waals surface area contributed by atoms with Crippen molar-refractivity contribution in [2.45, 2.75) is 113 Å². The Kier molecular flexibility index (Phi) is 11.4. The van der Waals surface area contributed by atoms with E-state index >= 15 is 0 Å². The zero-order valence-corrected chi connectivity index (χ0v) is 31.4. The average molecular weight is 667 g/mol. The van der Waals surface area contributed by atoms with E-state index in [-0.39, 0.29) is 56.0 Å². The second kappa shape index (κ2) is 13.9. The minimum atomic E-state index is -4.31. The van der Waals surface area contributed by atoms with E-state index in [4.69, 9.17) is 0 Å². The minimum Gasteiger partial charge on any atom is -0.506 e. The summed E-state index contributed by atoms with van der Waals surface area (Å²) in [4.78, 5) is 18.5. The van der Waals surface area contributed by atoms with Gasteiger partial charge in [-0.15, -0.1) is 0 Å². The molecule has 2 aromatic carbocycles. The molecular weight excluding hydrogens is 609 g/mol. The number of carbonyl (C=O) groups is 1. The van der Waals surface area contributed by atoms with E-state index in [2.05, 4.69) is 93.4 Å². The number of pyridine rings is 1. The van der Waals surface area contributed by atoms with Crippen molar-refractivity contribution in [1.29, 1.82) is 0 Å². The molecule has 1 aromatic heterocycles. The van der Waals surface area contributed by atoms with E-state index in [0.29, 0.717) is 24.4 Å². The molecule has 260 valence electrons. The van der Waals surface area contributed by atoms with Crippen molar-refractivity contribution in [1.82, 2.24) is 10.3 Å². The molecule has 2 atom stereocenters. The molecule has 0 spiro atoms. The predicted octanol–water partition coefficient (Wildman–Crippen LogP) is 9.40. The van der Waals surface area contributed by atoms with Crippen LogP contribution in [0.3, 0.4) is 0 Å². The highest BCUT2D eigenvalue weighted by molar-refractivity contribution is 7.85. The molecule has 0 saturated heterocycles. The lowest BCUT2D eigenvalue weighted by Gasteiger charge is -2.52. The van der Waals surface area contributed by atoms with Gasteiger partial charge in [0.05, 0.1) is 4.90 Å². The summed E-state index contributed by atoms with van der Waals surface area (Å²) in [5, 5.41) is 14.4. The number of phenols is 1. The van der Waals surface area contributed by atoms with Crippen molar-refractivity contribution in [3.05, 3.63) is 65.9 Å². The van der Waals surface area contributed by atoms with E-state index < -0.39 is 10.1 Å². The monoisotopic (exact) mass is 666 g/mol. The largest absolute Gasteiger partial charge is 0.506 e. The van der Waals surface area contributed by atoms with E-state index in [1.165, 1.54) is 12.1 Å². The van der Waals surface area contributed by atoms with Crippen LogP contribution in [0.4, 0.5) is 0 Å². The van der Waals surface area contributed by atoms with Crippen molar-refractivity contribution < 1.29 is 22.9 Å². The molecule has 0 bridgehead atoms. The summed E-state index contributed by atoms with van der Waals surface area (Å²) in [5.74, 6) is 0.478. The number of hydrogen-bond donors (Lipinski definition) is 3. The maximum Gasteiger partial charge on any atom is 0.294 e. The maximum atomic E-state index is 14.3. The molecule has 0 radical (unpaired) electrons. The van der Waals surface area contributed by atoms with E-state index in [0.717, 1.165) is 22.9 Å². The molecular formula is C39H58N2O5S. The second-order valence-corrected chi connectivity index (χ2v) is 18.1. The summed E-state index contributed by atoms with van der Waals surface area (Å²) in [5.41, 5.74) is 1.42. The molecule has 3 rings (SSSR count). The lowest BCUT2D eigenvalue weighted by molar-refractivity contribution is -0.133. The molecule has 3 aromatic rings. The molecule has 1 amide bonds. The molecule has 0 fully saturated rings. The van der Waals surface area contributed by atoms with Gasteiger partial charge >= 0.3 is 0 Å². The van der Waals surface area contributed by atoms with Gasteiger partial charge in [0.1, 0.15) is 11.3 Å². The molecule has 1 heterocycles. The SMILES string of the molecule is CC(C)C(C)(C)CC(c1ccc(S(=O)(=O)O)cc1)C(C)(C)C(C)(C)CC(C(=O)NCc1ccc(O)c2ncccc12)C(C)(C)C(C)C. The number of rotatable bonds is 14. The van der Waals surface area contributed by atoms with Crippen LogP contribution in [0.1, 0.15) is 113 Å². The number of nitrogens with zero attached hydrogens (tertiary/aromatic N) is 1. The lowest BCUT2D eigenvalue weighted by Crippen LogP contribution is -2.48. The minimum absolute atomic E-state index is 0.00532. The molecule has 0 aliphatic carbocycles. The van der Waals surface area contributed by atoms with Crippen LogP contribution in [0.15, 0.2) is 59.6 Å². The third kappa shape index (κ3) is 8.37. The first-order valence-electron chi connectivity index (χ1n) is 16.8. The van der Waals surface area contributed by atoms with Crippen LogP contribution >= 0.6 is 0 Å². The number of benzene rings is 2. The fraction of sp³-hybridized carbons (Fsp3) is 0.590. The van der Waals surface area contributed by atoms with E-state index in [9.17, 15) is 22.9 Å². The highest BCUT2D eigenvalue weighted by Gasteiger charge is 2.50. The fourth-order valence-electron chi connectivity index (χ4n) is 6.44. The fourth-order valence-corrected chi connectivity index (χ4v) is 6.92. The van der Waals surface area contributed by atoms with Crippen LogP contribution in [-0.4, -0.2) is 29.0 Å². The van der Waals surface area contributed by atoms with Crippen LogP contribution in [0, 0.1) is 39.4 Å². The van der Waals surface area contributed by atoms with Crippen LogP contribution in [0.2, 0.25) is 0 Å². The smallest absolute Gasteiger partial charge is 0.294 e. The van der Waals surface area contributed by atoms with Gasteiger partial charge in [0.15, 0.2) is 0 Å². The van der Waals surface area contributed by atoms with Crippen molar-refractivity contribution in [3.8, 4) is 5.75 Å². The summed E-state index contributed by atoms with van der Waals surface area (Å²) in [7, 11) is -4.31. The molecule has 0 saturated carbocycles. The van der Waals surface area contributed by atoms with Gasteiger partial charge in [-0.05, 0) is 87.6 Å². The van der Waals surface area contributed by atoms with Gasteiger partial charge in [-0.3, -0.25) is 14.3 Å². The summed E-state index contributed by atoms with van der Waals surface area (Å²) in [6, 6.07) is 13.8. The van der Waals surface area contributed by atoms with Gasteiger partial charge in [0.25, 0.3) is 10.1 Å². The first kappa shape index (κ1) is 38.5. The summed E-state index contributed by atoms with van der Waals surface area (Å²) >= 11 is 0. The number of aromatic hydroxyl groups is 1. The number of fused-ring (bicyclic) bond motifs is 1. The normalized spacial score (nSPS) is 14.9. The Hall–Kier alpha value is -2.97. The van der Waals surface area contributed by atoms with Crippen molar-refractivity contribution in [2.24, 2.45) is 39.4 Å². The number of phenolic OH excluding ortho intramolecular Hbond substituents is 1. The van der Waals surface area contributed by atoms with Gasteiger partial charge in [0, 0.05) is 24.0 Å². The van der Waals surface area contributed by atoms with Crippen LogP contribution in [0.25, 0.3) is 10.9 Å². The van der Waals surface area contributed by atoms with Crippen LogP contribution < -0.4 is 5.32 Å². The summed E-state index contributed by atoms with van der Waals surface area (Å²) < 4.78 is 33.3. The van der Waals surface area contributed by atoms with Gasteiger partial charge < -0.3 is 10.4 Å². The lowest BCUT2D eigenvalue weighted by atomic mass is 9.52. The highest BCUT2D eigenvalue weighted by Crippen LogP contribution is 2.57. The first-order valence-corrected chi connectivity index (χ1v) is 18.3. The summed E-state index contributed by atoms with van der Waals surface area (Å²) in [6.45, 7) is 27.1. The first-order chi connectivity index (χ1) is 21.4. The highest BCUT2D eigenvalue weighted by atomic mass is 32.2. The van der Waals surface area contributed by atoms with Crippen LogP contribution in [-0.2, 0) is 21.5 Å². The number of hydrogen-bond acceptors (Lipinski definition) is 5. The Morgan fingerprint density at radius 3 is 1.98 bits per heavy atom. The quantitative estimate of drug-likeness (QED) is 0.148. The number of nitrogens with one attached hydrogen (secondary N) is 1. The average Bonchev–Trinajstić information content (AvgIpc) is 2.97. The Morgan fingerprint density at radius 1 is 0.851 bits per heavy atom. The van der Waals surface area contributed by atoms with Crippen molar-refractivity contribution in [3.63, 3.8) is 0 Å². The van der Waals surface area contributed by atoms with Crippen LogP contribution in [0.5, 0.6) is 5.75 Å². The summed E-state index contributed by atoms with van der Waals surface area (Å²) in [6.07, 6.45) is 3.14. The number of aromatic nitrogens is 1. The number of amides is 1. The molecule has 2 unspecified atom stereocenters. The Bertz CT molecular complexity index is 1650. The Labute approximate surface area is 283 Å². The molecule has 0 aliphatic rings. The third-order valence-electron chi connectivity index (χ3n) is 12.2. The molecule has 8 heteroatoms. The van der Waals surface area contributed by atoms with Gasteiger partial charge in [-0.25, -0.2) is 0 Å². The van der Waals surface area contributed by atoms with E-state index in [1.54, 1.807) is 12.3 Å². The molecule has 3 N–H and O–H groups in total. The Balaban J connectivity index is 2.03. The topological polar surface area (TPSA) is 117 Å². The molecule has 0 aliphatic heterocycles. The van der Waals surface area contributed by atoms with Gasteiger partial charge in [-0.1, -0.05) is 107 Å². The van der Waals surface area contributed by atoms with Crippen molar-refractivity contribution in [2.75, 3.05) is 0 Å². The third-order valence-corrected chi connectivity index (χ3v) is 13.1.